The molecule has 78 valence electrons. The number of nitrogens with zero attached hydrogens (tertiary/aromatic N) is 1. The molecule has 0 aliphatic heterocycles. The van der Waals surface area contributed by atoms with Crippen molar-refractivity contribution in [1.82, 2.24) is 10.2 Å². The van der Waals surface area contributed by atoms with Gasteiger partial charge in [-0.2, -0.15) is 5.10 Å². The zero-order valence-electron chi connectivity index (χ0n) is 8.01. The highest BCUT2D eigenvalue weighted by Gasteiger charge is 2.13. The van der Waals surface area contributed by atoms with Gasteiger partial charge < -0.3 is 9.84 Å². The van der Waals surface area contributed by atoms with Gasteiger partial charge in [-0.3, -0.25) is 9.89 Å². The third-order valence-corrected chi connectivity index (χ3v) is 1.86. The van der Waals surface area contributed by atoms with Crippen LogP contribution >= 0.6 is 0 Å². The number of aliphatic hydroxyl groups excluding tert-OH is 1. The van der Waals surface area contributed by atoms with Crippen molar-refractivity contribution in [3.8, 4) is 0 Å². The fourth-order valence-corrected chi connectivity index (χ4v) is 1.29. The van der Waals surface area contributed by atoms with Gasteiger partial charge in [0.25, 0.3) is 6.47 Å². The van der Waals surface area contributed by atoms with Crippen molar-refractivity contribution in [2.75, 3.05) is 0 Å². The van der Waals surface area contributed by atoms with E-state index in [1.807, 2.05) is 6.07 Å². The molecule has 5 nitrogen and oxygen atoms in total. The second kappa shape index (κ2) is 5.39. The number of carbonyl (C=O) groups excluding carboxylic acids is 1. The number of nitrogens with one attached hydrogen (secondary N) is 1. The summed E-state index contributed by atoms with van der Waals surface area (Å²) in [6, 6.07) is 1.81. The van der Waals surface area contributed by atoms with Gasteiger partial charge in [0.05, 0.1) is 6.10 Å². The maximum absolute atomic E-state index is 10.2. The number of hydrogen-bond donors (Lipinski definition) is 2. The minimum Gasteiger partial charge on any atom is -0.464 e. The van der Waals surface area contributed by atoms with E-state index >= 15 is 0 Å². The van der Waals surface area contributed by atoms with Crippen molar-refractivity contribution in [1.29, 1.82) is 0 Å². The number of ether oxygens (including phenoxy) is 1. The number of H-pyrrole nitrogens is 1. The minimum atomic E-state index is -0.483. The molecule has 2 atom stereocenters. The van der Waals surface area contributed by atoms with Crippen molar-refractivity contribution < 1.29 is 14.6 Å². The predicted octanol–water partition coefficient (Wildman–Crippen LogP) is 0.265. The molecule has 0 radical (unpaired) electrons. The van der Waals surface area contributed by atoms with Gasteiger partial charge in [0.1, 0.15) is 6.10 Å². The maximum atomic E-state index is 10.2. The minimum absolute atomic E-state index is 0.298. The highest BCUT2D eigenvalue weighted by molar-refractivity contribution is 5.37. The normalized spacial score (nSPS) is 14.7. The third kappa shape index (κ3) is 3.57. The lowest BCUT2D eigenvalue weighted by atomic mass is 10.1. The van der Waals surface area contributed by atoms with Gasteiger partial charge in [0, 0.05) is 24.7 Å². The lowest BCUT2D eigenvalue weighted by Gasteiger charge is -2.15. The fraction of sp³-hybridized carbons (Fsp3) is 0.556. The van der Waals surface area contributed by atoms with E-state index in [0.717, 1.165) is 5.69 Å². The Morgan fingerprint density at radius 1 is 1.79 bits per heavy atom. The van der Waals surface area contributed by atoms with E-state index in [0.29, 0.717) is 19.3 Å². The monoisotopic (exact) mass is 198 g/mol. The van der Waals surface area contributed by atoms with E-state index in [9.17, 15) is 4.79 Å². The highest BCUT2D eigenvalue weighted by Crippen LogP contribution is 2.08. The van der Waals surface area contributed by atoms with Crippen LogP contribution in [-0.2, 0) is 16.0 Å². The van der Waals surface area contributed by atoms with Gasteiger partial charge >= 0.3 is 0 Å². The van der Waals surface area contributed by atoms with E-state index in [4.69, 9.17) is 9.84 Å². The average molecular weight is 198 g/mol. The lowest BCUT2D eigenvalue weighted by Crippen LogP contribution is -2.21. The molecule has 0 bridgehead atoms. The van der Waals surface area contributed by atoms with Crippen LogP contribution in [0.15, 0.2) is 12.3 Å². The molecule has 0 spiro atoms. The van der Waals surface area contributed by atoms with E-state index in [1.54, 1.807) is 13.1 Å². The van der Waals surface area contributed by atoms with E-state index < -0.39 is 6.10 Å². The Labute approximate surface area is 82.1 Å². The molecule has 0 aliphatic carbocycles. The van der Waals surface area contributed by atoms with Gasteiger partial charge in [0.15, 0.2) is 0 Å². The van der Waals surface area contributed by atoms with Crippen LogP contribution in [0.5, 0.6) is 0 Å². The summed E-state index contributed by atoms with van der Waals surface area (Å²) in [5.74, 6) is 0. The van der Waals surface area contributed by atoms with Crippen molar-refractivity contribution in [3.63, 3.8) is 0 Å². The van der Waals surface area contributed by atoms with Crippen molar-refractivity contribution >= 4 is 6.47 Å². The Balaban J connectivity index is 2.46. The van der Waals surface area contributed by atoms with Gasteiger partial charge in [-0.1, -0.05) is 0 Å². The quantitative estimate of drug-likeness (QED) is 0.643. The zero-order valence-corrected chi connectivity index (χ0v) is 8.01. The van der Waals surface area contributed by atoms with Crippen molar-refractivity contribution in [2.45, 2.75) is 32.0 Å². The van der Waals surface area contributed by atoms with Crippen LogP contribution in [0.3, 0.4) is 0 Å². The Morgan fingerprint density at radius 3 is 3.07 bits per heavy atom. The summed E-state index contributed by atoms with van der Waals surface area (Å²) in [5, 5.41) is 15.7. The average Bonchev–Trinajstić information content (AvgIpc) is 2.56. The second-order valence-corrected chi connectivity index (χ2v) is 3.23. The Kier molecular flexibility index (Phi) is 4.12. The fourth-order valence-electron chi connectivity index (χ4n) is 1.29. The second-order valence-electron chi connectivity index (χ2n) is 3.23. The molecule has 0 fully saturated rings. The molecule has 0 aromatic carbocycles. The molecule has 2 unspecified atom stereocenters. The van der Waals surface area contributed by atoms with Crippen molar-refractivity contribution in [3.05, 3.63) is 18.0 Å². The largest absolute Gasteiger partial charge is 0.464 e. The maximum Gasteiger partial charge on any atom is 0.293 e. The molecule has 14 heavy (non-hydrogen) atoms. The number of aromatic amines is 1. The molecular formula is C9H14N2O3. The lowest BCUT2D eigenvalue weighted by molar-refractivity contribution is -0.134. The summed E-state index contributed by atoms with van der Waals surface area (Å²) in [6.07, 6.45) is 1.83. The summed E-state index contributed by atoms with van der Waals surface area (Å²) in [7, 11) is 0. The first kappa shape index (κ1) is 10.7. The summed E-state index contributed by atoms with van der Waals surface area (Å²) in [5.41, 5.74) is 0.887. The summed E-state index contributed by atoms with van der Waals surface area (Å²) < 4.78 is 4.84. The molecule has 1 aromatic heterocycles. The molecule has 1 rings (SSSR count). The number of aromatic nitrogens is 2. The summed E-state index contributed by atoms with van der Waals surface area (Å²) in [4.78, 5) is 10.2. The number of carbonyl (C=O) groups is 1. The van der Waals surface area contributed by atoms with Gasteiger partial charge in [0.2, 0.25) is 0 Å². The highest BCUT2D eigenvalue weighted by atomic mass is 16.5. The first-order chi connectivity index (χ1) is 6.72. The zero-order chi connectivity index (χ0) is 10.4. The van der Waals surface area contributed by atoms with Crippen LogP contribution in [0.4, 0.5) is 0 Å². The standard InChI is InChI=1S/C9H14N2O3/c1-7(13)4-9(14-6-12)5-8-2-3-10-11-8/h2-3,6-7,9,13H,4-5H2,1H3,(H,10,11). The smallest absolute Gasteiger partial charge is 0.293 e. The third-order valence-electron chi connectivity index (χ3n) is 1.86. The Bertz CT molecular complexity index is 259. The molecule has 1 heterocycles. The topological polar surface area (TPSA) is 75.2 Å². The number of rotatable bonds is 6. The molecule has 1 aromatic rings. The van der Waals surface area contributed by atoms with E-state index in [2.05, 4.69) is 10.2 Å². The van der Waals surface area contributed by atoms with Crippen LogP contribution in [0.25, 0.3) is 0 Å². The van der Waals surface area contributed by atoms with Gasteiger partial charge in [-0.25, -0.2) is 0 Å². The van der Waals surface area contributed by atoms with Gasteiger partial charge in [-0.05, 0) is 13.0 Å². The van der Waals surface area contributed by atoms with E-state index in [1.165, 1.54) is 0 Å². The van der Waals surface area contributed by atoms with Crippen LogP contribution < -0.4 is 0 Å². The summed E-state index contributed by atoms with van der Waals surface area (Å²) in [6.45, 7) is 2.07. The molecule has 2 N–H and O–H groups in total. The number of hydrogen-bond acceptors (Lipinski definition) is 4. The summed E-state index contributed by atoms with van der Waals surface area (Å²) >= 11 is 0. The molecule has 0 saturated carbocycles. The molecule has 0 saturated heterocycles. The first-order valence-electron chi connectivity index (χ1n) is 4.47. The van der Waals surface area contributed by atoms with Crippen LogP contribution in [0.2, 0.25) is 0 Å². The molecule has 0 aliphatic rings. The number of aliphatic hydroxyl groups is 1. The Hall–Kier alpha value is -1.36. The van der Waals surface area contributed by atoms with Gasteiger partial charge in [-0.15, -0.1) is 0 Å². The van der Waals surface area contributed by atoms with Crippen molar-refractivity contribution in [2.24, 2.45) is 0 Å². The Morgan fingerprint density at radius 2 is 2.57 bits per heavy atom. The SMILES string of the molecule is CC(O)CC(Cc1ccn[nH]1)OC=O. The van der Waals surface area contributed by atoms with Crippen LogP contribution in [-0.4, -0.2) is 34.0 Å². The molecule has 5 heteroatoms. The van der Waals surface area contributed by atoms with Crippen LogP contribution in [0.1, 0.15) is 19.0 Å². The first-order valence-corrected chi connectivity index (χ1v) is 4.47. The predicted molar refractivity (Wildman–Crippen MR) is 49.5 cm³/mol. The van der Waals surface area contributed by atoms with E-state index in [-0.39, 0.29) is 6.10 Å². The van der Waals surface area contributed by atoms with Crippen LogP contribution in [0, 0.1) is 0 Å². The molecular weight excluding hydrogens is 184 g/mol. The molecule has 0 amide bonds.